The molecule has 0 aromatic heterocycles. The van der Waals surface area contributed by atoms with Crippen molar-refractivity contribution in [2.24, 2.45) is 5.41 Å². The quantitative estimate of drug-likeness (QED) is 0.753. The zero-order valence-corrected chi connectivity index (χ0v) is 10.7. The van der Waals surface area contributed by atoms with Crippen LogP contribution < -0.4 is 5.32 Å². The van der Waals surface area contributed by atoms with Crippen molar-refractivity contribution in [3.05, 3.63) is 0 Å². The average Bonchev–Trinajstić information content (AvgIpc) is 2.36. The minimum absolute atomic E-state index is 0.108. The SMILES string of the molecule is COCC1(C(=O)N(C)CCC#N)CCNCC1. The number of hydrogen-bond donors (Lipinski definition) is 1. The van der Waals surface area contributed by atoms with Crippen LogP contribution in [0.1, 0.15) is 19.3 Å². The van der Waals surface area contributed by atoms with Gasteiger partial charge in [0.2, 0.25) is 5.91 Å². The smallest absolute Gasteiger partial charge is 0.230 e. The number of nitrogens with zero attached hydrogens (tertiary/aromatic N) is 2. The van der Waals surface area contributed by atoms with Gasteiger partial charge in [-0.05, 0) is 25.9 Å². The predicted molar refractivity (Wildman–Crippen MR) is 64.3 cm³/mol. The van der Waals surface area contributed by atoms with Gasteiger partial charge in [-0.3, -0.25) is 4.79 Å². The van der Waals surface area contributed by atoms with E-state index in [0.717, 1.165) is 25.9 Å². The number of carbonyl (C=O) groups excluding carboxylic acids is 1. The summed E-state index contributed by atoms with van der Waals surface area (Å²) < 4.78 is 5.22. The number of nitriles is 1. The first-order valence-corrected chi connectivity index (χ1v) is 5.98. The Morgan fingerprint density at radius 3 is 2.71 bits per heavy atom. The molecule has 0 aromatic rings. The molecule has 5 heteroatoms. The third kappa shape index (κ3) is 3.42. The molecule has 1 fully saturated rings. The van der Waals surface area contributed by atoms with Crippen LogP contribution in [0.4, 0.5) is 0 Å². The number of rotatable bonds is 5. The first kappa shape index (κ1) is 13.9. The van der Waals surface area contributed by atoms with Gasteiger partial charge in [0.15, 0.2) is 0 Å². The molecule has 0 radical (unpaired) electrons. The van der Waals surface area contributed by atoms with Crippen molar-refractivity contribution in [2.75, 3.05) is 40.4 Å². The molecule has 0 aromatic carbocycles. The molecule has 0 bridgehead atoms. The van der Waals surface area contributed by atoms with Crippen LogP contribution in [0.25, 0.3) is 0 Å². The van der Waals surface area contributed by atoms with Gasteiger partial charge in [-0.1, -0.05) is 0 Å². The highest BCUT2D eigenvalue weighted by Gasteiger charge is 2.41. The summed E-state index contributed by atoms with van der Waals surface area (Å²) >= 11 is 0. The molecule has 0 atom stereocenters. The van der Waals surface area contributed by atoms with Gasteiger partial charge in [0.25, 0.3) is 0 Å². The molecule has 17 heavy (non-hydrogen) atoms. The summed E-state index contributed by atoms with van der Waals surface area (Å²) in [4.78, 5) is 14.1. The molecule has 1 amide bonds. The minimum atomic E-state index is -0.399. The largest absolute Gasteiger partial charge is 0.384 e. The maximum atomic E-state index is 12.4. The Morgan fingerprint density at radius 2 is 2.18 bits per heavy atom. The minimum Gasteiger partial charge on any atom is -0.384 e. The molecule has 1 N–H and O–H groups in total. The summed E-state index contributed by atoms with van der Waals surface area (Å²) in [6.45, 7) is 2.65. The number of ether oxygens (including phenoxy) is 1. The third-order valence-corrected chi connectivity index (χ3v) is 3.34. The van der Waals surface area contributed by atoms with Gasteiger partial charge in [-0.25, -0.2) is 0 Å². The summed E-state index contributed by atoms with van der Waals surface area (Å²) in [6.07, 6.45) is 1.98. The van der Waals surface area contributed by atoms with E-state index in [1.807, 2.05) is 0 Å². The zero-order chi connectivity index (χ0) is 12.7. The van der Waals surface area contributed by atoms with E-state index >= 15 is 0 Å². The topological polar surface area (TPSA) is 65.4 Å². The van der Waals surface area contributed by atoms with Crippen LogP contribution >= 0.6 is 0 Å². The Labute approximate surface area is 103 Å². The van der Waals surface area contributed by atoms with E-state index in [4.69, 9.17) is 10.00 Å². The summed E-state index contributed by atoms with van der Waals surface area (Å²) in [5, 5.41) is 11.8. The average molecular weight is 239 g/mol. The van der Waals surface area contributed by atoms with Crippen molar-refractivity contribution in [1.82, 2.24) is 10.2 Å². The second-order valence-corrected chi connectivity index (χ2v) is 4.60. The van der Waals surface area contributed by atoms with Crippen LogP contribution in [0.15, 0.2) is 0 Å². The first-order chi connectivity index (χ1) is 8.16. The molecule has 96 valence electrons. The molecule has 1 rings (SSSR count). The highest BCUT2D eigenvalue weighted by atomic mass is 16.5. The molecule has 5 nitrogen and oxygen atoms in total. The highest BCUT2D eigenvalue weighted by Crippen LogP contribution is 2.31. The van der Waals surface area contributed by atoms with Gasteiger partial charge in [0.05, 0.1) is 24.5 Å². The van der Waals surface area contributed by atoms with Crippen LogP contribution in [-0.2, 0) is 9.53 Å². The van der Waals surface area contributed by atoms with Crippen LogP contribution in [0.3, 0.4) is 0 Å². The zero-order valence-electron chi connectivity index (χ0n) is 10.7. The van der Waals surface area contributed by atoms with Crippen LogP contribution in [0, 0.1) is 16.7 Å². The number of piperidine rings is 1. The van der Waals surface area contributed by atoms with Crippen molar-refractivity contribution in [3.63, 3.8) is 0 Å². The van der Waals surface area contributed by atoms with Gasteiger partial charge >= 0.3 is 0 Å². The van der Waals surface area contributed by atoms with Gasteiger partial charge in [0.1, 0.15) is 0 Å². The number of hydrogen-bond acceptors (Lipinski definition) is 4. The van der Waals surface area contributed by atoms with Crippen LogP contribution in [-0.4, -0.2) is 51.2 Å². The molecule has 1 aliphatic rings. The lowest BCUT2D eigenvalue weighted by Gasteiger charge is -2.38. The Balaban J connectivity index is 2.69. The molecular formula is C12H21N3O2. The number of nitrogens with one attached hydrogen (secondary N) is 1. The number of carbonyl (C=O) groups is 1. The summed E-state index contributed by atoms with van der Waals surface area (Å²) in [6, 6.07) is 2.06. The van der Waals surface area contributed by atoms with Crippen molar-refractivity contribution < 1.29 is 9.53 Å². The highest BCUT2D eigenvalue weighted by molar-refractivity contribution is 5.82. The Bertz CT molecular complexity index is 287. The normalized spacial score (nSPS) is 18.4. The molecule has 1 heterocycles. The lowest BCUT2D eigenvalue weighted by Crippen LogP contribution is -2.50. The van der Waals surface area contributed by atoms with Crippen LogP contribution in [0.5, 0.6) is 0 Å². The summed E-state index contributed by atoms with van der Waals surface area (Å²) in [5.41, 5.74) is -0.399. The number of methoxy groups -OCH3 is 1. The molecule has 1 saturated heterocycles. The van der Waals surface area contributed by atoms with E-state index in [0.29, 0.717) is 19.6 Å². The fraction of sp³-hybridized carbons (Fsp3) is 0.833. The van der Waals surface area contributed by atoms with Gasteiger partial charge < -0.3 is 15.0 Å². The Kier molecular flexibility index (Phi) is 5.39. The lowest BCUT2D eigenvalue weighted by atomic mass is 9.78. The van der Waals surface area contributed by atoms with Crippen molar-refractivity contribution in [2.45, 2.75) is 19.3 Å². The molecule has 0 saturated carbocycles. The van der Waals surface area contributed by atoms with Crippen molar-refractivity contribution in [1.29, 1.82) is 5.26 Å². The second kappa shape index (κ2) is 6.58. The van der Waals surface area contributed by atoms with E-state index in [1.165, 1.54) is 0 Å². The van der Waals surface area contributed by atoms with Gasteiger partial charge in [0, 0.05) is 20.7 Å². The standard InChI is InChI=1S/C12H21N3O2/c1-15(9-3-6-13)11(16)12(10-17-2)4-7-14-8-5-12/h14H,3-5,7-10H2,1-2H3. The molecule has 0 spiro atoms. The Morgan fingerprint density at radius 1 is 1.53 bits per heavy atom. The molecule has 0 unspecified atom stereocenters. The summed E-state index contributed by atoms with van der Waals surface area (Å²) in [5.74, 6) is 0.108. The first-order valence-electron chi connectivity index (χ1n) is 5.98. The second-order valence-electron chi connectivity index (χ2n) is 4.60. The third-order valence-electron chi connectivity index (χ3n) is 3.34. The van der Waals surface area contributed by atoms with E-state index in [1.54, 1.807) is 19.1 Å². The van der Waals surface area contributed by atoms with E-state index in [2.05, 4.69) is 11.4 Å². The van der Waals surface area contributed by atoms with E-state index in [-0.39, 0.29) is 5.91 Å². The van der Waals surface area contributed by atoms with Gasteiger partial charge in [-0.2, -0.15) is 5.26 Å². The maximum Gasteiger partial charge on any atom is 0.230 e. The molecule has 0 aliphatic carbocycles. The van der Waals surface area contributed by atoms with Crippen molar-refractivity contribution in [3.8, 4) is 6.07 Å². The molecular weight excluding hydrogens is 218 g/mol. The summed E-state index contributed by atoms with van der Waals surface area (Å²) in [7, 11) is 3.39. The van der Waals surface area contributed by atoms with E-state index < -0.39 is 5.41 Å². The van der Waals surface area contributed by atoms with Gasteiger partial charge in [-0.15, -0.1) is 0 Å². The monoisotopic (exact) mass is 239 g/mol. The fourth-order valence-electron chi connectivity index (χ4n) is 2.33. The molecule has 1 aliphatic heterocycles. The maximum absolute atomic E-state index is 12.4. The fourth-order valence-corrected chi connectivity index (χ4v) is 2.33. The van der Waals surface area contributed by atoms with Crippen LogP contribution in [0.2, 0.25) is 0 Å². The predicted octanol–water partition coefficient (Wildman–Crippen LogP) is 0.375. The number of amides is 1. The van der Waals surface area contributed by atoms with E-state index in [9.17, 15) is 4.79 Å². The lowest BCUT2D eigenvalue weighted by molar-refractivity contribution is -0.146. The van der Waals surface area contributed by atoms with Crippen molar-refractivity contribution >= 4 is 5.91 Å². The Hall–Kier alpha value is -1.12.